The Morgan fingerprint density at radius 2 is 2.17 bits per heavy atom. The van der Waals surface area contributed by atoms with Crippen LogP contribution in [0.5, 0.6) is 0 Å². The van der Waals surface area contributed by atoms with Crippen molar-refractivity contribution in [2.24, 2.45) is 16.7 Å². The smallest absolute Gasteiger partial charge is 0.337 e. The van der Waals surface area contributed by atoms with Crippen LogP contribution in [0.4, 0.5) is 0 Å². The molecule has 3 rings (SSSR count). The highest BCUT2D eigenvalue weighted by atomic mass is 16.7. The Bertz CT molecular complexity index is 480. The first-order valence-corrected chi connectivity index (χ1v) is 6.17. The minimum absolute atomic E-state index is 0.0174. The van der Waals surface area contributed by atoms with Gasteiger partial charge in [-0.15, -0.1) is 0 Å². The van der Waals surface area contributed by atoms with Crippen molar-refractivity contribution in [1.82, 2.24) is 0 Å². The van der Waals surface area contributed by atoms with Crippen LogP contribution in [-0.4, -0.2) is 25.5 Å². The molecule has 98 valence electrons. The number of ether oxygens (including phenoxy) is 3. The molecular weight excluding hydrogens is 232 g/mol. The Morgan fingerprint density at radius 3 is 2.83 bits per heavy atom. The molecule has 0 aromatic heterocycles. The Hall–Kier alpha value is -1.29. The zero-order valence-electron chi connectivity index (χ0n) is 11.1. The lowest BCUT2D eigenvalue weighted by Crippen LogP contribution is -2.53. The molecule has 4 atom stereocenters. The first-order valence-electron chi connectivity index (χ1n) is 6.17. The fourth-order valence-corrected chi connectivity index (χ4v) is 3.58. The van der Waals surface area contributed by atoms with Crippen LogP contribution in [-0.2, 0) is 19.0 Å². The molecule has 0 saturated carbocycles. The van der Waals surface area contributed by atoms with E-state index in [0.29, 0.717) is 12.2 Å². The average molecular weight is 250 g/mol. The Kier molecular flexibility index (Phi) is 2.08. The third-order valence-electron chi connectivity index (χ3n) is 5.22. The SMILES string of the molecule is COC(=O)C1=CO[C@]2(C)OC[C@]3(C)C=C[C@H]1[C@]23C. The van der Waals surface area contributed by atoms with Crippen molar-refractivity contribution < 1.29 is 19.0 Å². The van der Waals surface area contributed by atoms with E-state index in [0.717, 1.165) is 0 Å². The molecule has 1 saturated heterocycles. The molecule has 0 unspecified atom stereocenters. The van der Waals surface area contributed by atoms with Gasteiger partial charge in [-0.3, -0.25) is 0 Å². The summed E-state index contributed by atoms with van der Waals surface area (Å²) in [6.45, 7) is 6.83. The molecule has 0 spiro atoms. The normalized spacial score (nSPS) is 48.4. The van der Waals surface area contributed by atoms with Gasteiger partial charge in [0.2, 0.25) is 5.79 Å². The van der Waals surface area contributed by atoms with Crippen molar-refractivity contribution in [3.63, 3.8) is 0 Å². The molecule has 0 aromatic carbocycles. The summed E-state index contributed by atoms with van der Waals surface area (Å²) in [5.41, 5.74) is 0.182. The highest BCUT2D eigenvalue weighted by Gasteiger charge is 2.70. The van der Waals surface area contributed by atoms with E-state index < -0.39 is 5.79 Å². The molecule has 18 heavy (non-hydrogen) atoms. The van der Waals surface area contributed by atoms with E-state index in [1.54, 1.807) is 0 Å². The summed E-state index contributed by atoms with van der Waals surface area (Å²) in [6, 6.07) is 0. The zero-order chi connectivity index (χ0) is 13.2. The summed E-state index contributed by atoms with van der Waals surface area (Å²) < 4.78 is 16.5. The van der Waals surface area contributed by atoms with Crippen molar-refractivity contribution in [2.75, 3.05) is 13.7 Å². The number of rotatable bonds is 1. The molecule has 1 aliphatic carbocycles. The highest BCUT2D eigenvalue weighted by Crippen LogP contribution is 2.66. The van der Waals surface area contributed by atoms with Gasteiger partial charge < -0.3 is 14.2 Å². The number of allylic oxidation sites excluding steroid dienone is 1. The van der Waals surface area contributed by atoms with E-state index in [1.807, 2.05) is 6.92 Å². The lowest BCUT2D eigenvalue weighted by molar-refractivity contribution is -0.233. The minimum atomic E-state index is -0.687. The summed E-state index contributed by atoms with van der Waals surface area (Å²) in [4.78, 5) is 11.8. The van der Waals surface area contributed by atoms with Crippen molar-refractivity contribution in [3.05, 3.63) is 24.0 Å². The molecular formula is C14H18O4. The van der Waals surface area contributed by atoms with Crippen LogP contribution in [0.1, 0.15) is 20.8 Å². The van der Waals surface area contributed by atoms with Crippen LogP contribution in [0.25, 0.3) is 0 Å². The summed E-state index contributed by atoms with van der Waals surface area (Å²) in [7, 11) is 1.39. The van der Waals surface area contributed by atoms with Crippen LogP contribution >= 0.6 is 0 Å². The summed E-state index contributed by atoms with van der Waals surface area (Å²) in [6.07, 6.45) is 5.74. The number of esters is 1. The fraction of sp³-hybridized carbons (Fsp3) is 0.643. The van der Waals surface area contributed by atoms with Gasteiger partial charge in [-0.1, -0.05) is 26.0 Å². The van der Waals surface area contributed by atoms with Gasteiger partial charge in [0.1, 0.15) is 0 Å². The number of methoxy groups -OCH3 is 1. The van der Waals surface area contributed by atoms with Crippen molar-refractivity contribution in [3.8, 4) is 0 Å². The third-order valence-corrected chi connectivity index (χ3v) is 5.22. The molecule has 0 aromatic rings. The van der Waals surface area contributed by atoms with Crippen LogP contribution < -0.4 is 0 Å². The molecule has 4 nitrogen and oxygen atoms in total. The topological polar surface area (TPSA) is 44.8 Å². The Labute approximate surface area is 107 Å². The van der Waals surface area contributed by atoms with Gasteiger partial charge >= 0.3 is 5.97 Å². The second kappa shape index (κ2) is 3.18. The van der Waals surface area contributed by atoms with Crippen LogP contribution in [0, 0.1) is 16.7 Å². The Morgan fingerprint density at radius 1 is 1.44 bits per heavy atom. The van der Waals surface area contributed by atoms with E-state index in [-0.39, 0.29) is 22.7 Å². The minimum Gasteiger partial charge on any atom is -0.469 e. The van der Waals surface area contributed by atoms with Crippen molar-refractivity contribution in [2.45, 2.75) is 26.6 Å². The maximum Gasteiger partial charge on any atom is 0.337 e. The quantitative estimate of drug-likeness (QED) is 0.527. The largest absolute Gasteiger partial charge is 0.469 e. The monoisotopic (exact) mass is 250 g/mol. The number of carbonyl (C=O) groups excluding carboxylic acids is 1. The van der Waals surface area contributed by atoms with Gasteiger partial charge in [-0.05, 0) is 0 Å². The van der Waals surface area contributed by atoms with Crippen LogP contribution in [0.15, 0.2) is 24.0 Å². The van der Waals surface area contributed by atoms with Gasteiger partial charge in [-0.2, -0.15) is 0 Å². The molecule has 0 bridgehead atoms. The summed E-state index contributed by atoms with van der Waals surface area (Å²) in [5.74, 6) is -1.03. The number of hydrogen-bond acceptors (Lipinski definition) is 4. The lowest BCUT2D eigenvalue weighted by Gasteiger charge is -2.48. The number of carbonyl (C=O) groups is 1. The molecule has 2 heterocycles. The third kappa shape index (κ3) is 1.03. The molecule has 0 N–H and O–H groups in total. The predicted octanol–water partition coefficient (Wildman–Crippen LogP) is 2.02. The Balaban J connectivity index is 2.13. The van der Waals surface area contributed by atoms with E-state index in [9.17, 15) is 4.79 Å². The first kappa shape index (κ1) is 11.8. The molecule has 2 aliphatic heterocycles. The van der Waals surface area contributed by atoms with Gasteiger partial charge in [0.05, 0.1) is 31.0 Å². The standard InChI is InChI=1S/C14H18O4/c1-12-6-5-10-9(11(15)16-4)7-17-14(3,18-8-12)13(10,12)2/h5-7,10H,8H2,1-4H3/t10-,12+,13+,14-/m1/s1. The van der Waals surface area contributed by atoms with Crippen molar-refractivity contribution >= 4 is 5.97 Å². The molecule has 0 radical (unpaired) electrons. The number of hydrogen-bond donors (Lipinski definition) is 0. The molecule has 0 amide bonds. The van der Waals surface area contributed by atoms with Gasteiger partial charge in [-0.25, -0.2) is 4.79 Å². The summed E-state index contributed by atoms with van der Waals surface area (Å²) >= 11 is 0. The molecule has 1 fully saturated rings. The lowest BCUT2D eigenvalue weighted by atomic mass is 9.59. The fourth-order valence-electron chi connectivity index (χ4n) is 3.58. The average Bonchev–Trinajstić information content (AvgIpc) is 2.74. The van der Waals surface area contributed by atoms with Gasteiger partial charge in [0.15, 0.2) is 0 Å². The summed E-state index contributed by atoms with van der Waals surface area (Å²) in [5, 5.41) is 0. The van der Waals surface area contributed by atoms with E-state index in [4.69, 9.17) is 14.2 Å². The van der Waals surface area contributed by atoms with Crippen LogP contribution in [0.3, 0.4) is 0 Å². The second-order valence-electron chi connectivity index (χ2n) is 5.87. The zero-order valence-corrected chi connectivity index (χ0v) is 11.1. The highest BCUT2D eigenvalue weighted by molar-refractivity contribution is 5.89. The van der Waals surface area contributed by atoms with E-state index in [1.165, 1.54) is 13.4 Å². The molecule has 4 heteroatoms. The predicted molar refractivity (Wildman–Crippen MR) is 64.4 cm³/mol. The molecule has 3 aliphatic rings. The first-order chi connectivity index (χ1) is 8.38. The van der Waals surface area contributed by atoms with Crippen molar-refractivity contribution in [1.29, 1.82) is 0 Å². The van der Waals surface area contributed by atoms with E-state index >= 15 is 0 Å². The maximum absolute atomic E-state index is 11.8. The van der Waals surface area contributed by atoms with Gasteiger partial charge in [0.25, 0.3) is 0 Å². The second-order valence-corrected chi connectivity index (χ2v) is 5.87. The van der Waals surface area contributed by atoms with Crippen LogP contribution in [0.2, 0.25) is 0 Å². The van der Waals surface area contributed by atoms with Gasteiger partial charge in [0, 0.05) is 18.3 Å². The van der Waals surface area contributed by atoms with E-state index in [2.05, 4.69) is 26.0 Å². The maximum atomic E-state index is 11.8.